The van der Waals surface area contributed by atoms with Gasteiger partial charge >= 0.3 is 0 Å². The van der Waals surface area contributed by atoms with Gasteiger partial charge in [-0.1, -0.05) is 33.1 Å². The molecule has 0 radical (unpaired) electrons. The molecule has 1 aliphatic carbocycles. The summed E-state index contributed by atoms with van der Waals surface area (Å²) in [5.74, 6) is 1.77. The smallest absolute Gasteiger partial charge is 0.0440 e. The Balaban J connectivity index is 1.66. The fourth-order valence-corrected chi connectivity index (χ4v) is 3.11. The molecule has 0 spiro atoms. The van der Waals surface area contributed by atoms with Crippen molar-refractivity contribution < 1.29 is 0 Å². The highest BCUT2D eigenvalue weighted by atomic mass is 15.3. The van der Waals surface area contributed by atoms with Crippen LogP contribution in [0.5, 0.6) is 0 Å². The van der Waals surface area contributed by atoms with E-state index in [4.69, 9.17) is 5.73 Å². The summed E-state index contributed by atoms with van der Waals surface area (Å²) >= 11 is 0. The van der Waals surface area contributed by atoms with Crippen molar-refractivity contribution in [3.05, 3.63) is 0 Å². The van der Waals surface area contributed by atoms with Crippen LogP contribution in [0.3, 0.4) is 0 Å². The average Bonchev–Trinajstić information content (AvgIpc) is 3.04. The van der Waals surface area contributed by atoms with E-state index in [1.54, 1.807) is 0 Å². The molecule has 2 N–H and O–H groups in total. The van der Waals surface area contributed by atoms with Crippen LogP contribution in [0.15, 0.2) is 0 Å². The lowest BCUT2D eigenvalue weighted by molar-refractivity contribution is 0.0385. The first kappa shape index (κ1) is 12.4. The quantitative estimate of drug-likeness (QED) is 0.720. The lowest BCUT2D eigenvalue weighted by Gasteiger charge is -2.49. The second-order valence-corrected chi connectivity index (χ2v) is 6.09. The summed E-state index contributed by atoms with van der Waals surface area (Å²) < 4.78 is 0. The Morgan fingerprint density at radius 3 is 2.50 bits per heavy atom. The van der Waals surface area contributed by atoms with Crippen LogP contribution in [0, 0.1) is 11.8 Å². The zero-order chi connectivity index (χ0) is 11.6. The van der Waals surface area contributed by atoms with E-state index in [2.05, 4.69) is 18.7 Å². The Labute approximate surface area is 101 Å². The third kappa shape index (κ3) is 2.78. The fourth-order valence-electron chi connectivity index (χ4n) is 3.11. The van der Waals surface area contributed by atoms with Crippen molar-refractivity contribution in [2.24, 2.45) is 17.6 Å². The average molecular weight is 224 g/mol. The van der Waals surface area contributed by atoms with Crippen LogP contribution in [-0.4, -0.2) is 30.1 Å². The molecule has 94 valence electrons. The Morgan fingerprint density at radius 1 is 1.31 bits per heavy atom. The van der Waals surface area contributed by atoms with Gasteiger partial charge in [-0.25, -0.2) is 0 Å². The summed E-state index contributed by atoms with van der Waals surface area (Å²) in [7, 11) is 0. The summed E-state index contributed by atoms with van der Waals surface area (Å²) in [5.41, 5.74) is 6.59. The molecule has 0 aromatic rings. The first-order valence-corrected chi connectivity index (χ1v) is 7.19. The van der Waals surface area contributed by atoms with Gasteiger partial charge in [0.05, 0.1) is 0 Å². The van der Waals surface area contributed by atoms with Crippen molar-refractivity contribution in [1.82, 2.24) is 4.90 Å². The van der Waals surface area contributed by atoms with Gasteiger partial charge in [0.2, 0.25) is 0 Å². The van der Waals surface area contributed by atoms with Crippen LogP contribution < -0.4 is 5.73 Å². The van der Waals surface area contributed by atoms with Gasteiger partial charge in [-0.3, -0.25) is 4.90 Å². The zero-order valence-electron chi connectivity index (χ0n) is 11.0. The monoisotopic (exact) mass is 224 g/mol. The molecule has 1 saturated heterocycles. The largest absolute Gasteiger partial charge is 0.323 e. The highest BCUT2D eigenvalue weighted by Gasteiger charge is 2.50. The number of nitrogens with two attached hydrogens (primary N) is 1. The minimum atomic E-state index is 0.211. The predicted molar refractivity (Wildman–Crippen MR) is 69.4 cm³/mol. The normalized spacial score (nSPS) is 26.4. The second-order valence-electron chi connectivity index (χ2n) is 6.09. The van der Waals surface area contributed by atoms with Crippen molar-refractivity contribution in [1.29, 1.82) is 0 Å². The van der Waals surface area contributed by atoms with Crippen LogP contribution in [-0.2, 0) is 0 Å². The van der Waals surface area contributed by atoms with E-state index >= 15 is 0 Å². The number of likely N-dealkylation sites (tertiary alicyclic amines) is 1. The molecule has 2 heteroatoms. The number of hydrogen-bond acceptors (Lipinski definition) is 2. The topological polar surface area (TPSA) is 29.3 Å². The molecular formula is C14H28N2. The summed E-state index contributed by atoms with van der Waals surface area (Å²) in [4.78, 5) is 2.59. The zero-order valence-corrected chi connectivity index (χ0v) is 11.0. The molecular weight excluding hydrogens is 196 g/mol. The van der Waals surface area contributed by atoms with Gasteiger partial charge < -0.3 is 5.73 Å². The molecule has 0 aromatic heterocycles. The fraction of sp³-hybridized carbons (Fsp3) is 1.00. The first-order valence-electron chi connectivity index (χ1n) is 7.19. The highest BCUT2D eigenvalue weighted by Crippen LogP contribution is 2.43. The molecule has 0 bridgehead atoms. The minimum Gasteiger partial charge on any atom is -0.323 e. The molecule has 16 heavy (non-hydrogen) atoms. The minimum absolute atomic E-state index is 0.211. The van der Waals surface area contributed by atoms with Gasteiger partial charge in [-0.05, 0) is 31.1 Å². The van der Waals surface area contributed by atoms with E-state index in [0.29, 0.717) is 0 Å². The maximum absolute atomic E-state index is 6.37. The van der Waals surface area contributed by atoms with Crippen LogP contribution in [0.4, 0.5) is 0 Å². The summed E-state index contributed by atoms with van der Waals surface area (Å²) in [6, 6.07) is 0. The van der Waals surface area contributed by atoms with E-state index in [1.165, 1.54) is 58.2 Å². The molecule has 1 atom stereocenters. The Bertz CT molecular complexity index is 217. The van der Waals surface area contributed by atoms with Gasteiger partial charge in [0.25, 0.3) is 0 Å². The van der Waals surface area contributed by atoms with Crippen molar-refractivity contribution in [2.45, 2.75) is 57.9 Å². The molecule has 0 amide bonds. The van der Waals surface area contributed by atoms with Gasteiger partial charge in [0.15, 0.2) is 0 Å². The second kappa shape index (κ2) is 5.05. The molecule has 2 fully saturated rings. The maximum Gasteiger partial charge on any atom is 0.0440 e. The summed E-state index contributed by atoms with van der Waals surface area (Å²) in [6.07, 6.45) is 8.24. The number of unbranched alkanes of at least 4 members (excludes halogenated alkanes) is 1. The summed E-state index contributed by atoms with van der Waals surface area (Å²) in [6.45, 7) is 8.24. The number of hydrogen-bond donors (Lipinski definition) is 1. The van der Waals surface area contributed by atoms with Crippen LogP contribution in [0.2, 0.25) is 0 Å². The molecule has 1 aliphatic heterocycles. The Kier molecular flexibility index (Phi) is 3.91. The summed E-state index contributed by atoms with van der Waals surface area (Å²) in [5, 5.41) is 0. The first-order chi connectivity index (χ1) is 7.68. The van der Waals surface area contributed by atoms with Crippen molar-refractivity contribution in [3.63, 3.8) is 0 Å². The molecule has 2 nitrogen and oxygen atoms in total. The molecule has 1 saturated carbocycles. The highest BCUT2D eigenvalue weighted by molar-refractivity contribution is 5.09. The van der Waals surface area contributed by atoms with E-state index < -0.39 is 0 Å². The molecule has 2 aliphatic rings. The van der Waals surface area contributed by atoms with Crippen molar-refractivity contribution in [3.8, 4) is 0 Å². The van der Waals surface area contributed by atoms with E-state index in [-0.39, 0.29) is 5.54 Å². The predicted octanol–water partition coefficient (Wildman–Crippen LogP) is 2.63. The Morgan fingerprint density at radius 2 is 2.00 bits per heavy atom. The van der Waals surface area contributed by atoms with Crippen molar-refractivity contribution in [2.75, 3.05) is 19.6 Å². The van der Waals surface area contributed by atoms with Crippen LogP contribution in [0.1, 0.15) is 52.4 Å². The van der Waals surface area contributed by atoms with Gasteiger partial charge in [-0.15, -0.1) is 0 Å². The molecule has 1 unspecified atom stereocenters. The van der Waals surface area contributed by atoms with E-state index in [0.717, 1.165) is 11.8 Å². The number of nitrogens with zero attached hydrogens (tertiary/aromatic N) is 1. The lowest BCUT2D eigenvalue weighted by Crippen LogP contribution is -2.69. The van der Waals surface area contributed by atoms with Crippen molar-refractivity contribution >= 4 is 0 Å². The van der Waals surface area contributed by atoms with E-state index in [1.807, 2.05) is 0 Å². The standard InChI is InChI=1S/C14H28N2/c1-3-5-6-12(4-2)9-16-10-14(15,11-16)13-7-8-13/h12-13H,3-11,15H2,1-2H3. The number of rotatable bonds is 7. The third-order valence-corrected chi connectivity index (χ3v) is 4.49. The van der Waals surface area contributed by atoms with Crippen LogP contribution >= 0.6 is 0 Å². The van der Waals surface area contributed by atoms with Gasteiger partial charge in [0, 0.05) is 25.2 Å². The molecule has 2 rings (SSSR count). The molecule has 0 aromatic carbocycles. The lowest BCUT2D eigenvalue weighted by atomic mass is 9.84. The van der Waals surface area contributed by atoms with Gasteiger partial charge in [-0.2, -0.15) is 0 Å². The SMILES string of the molecule is CCCCC(CC)CN1CC(N)(C2CC2)C1. The molecule has 1 heterocycles. The maximum atomic E-state index is 6.37. The van der Waals surface area contributed by atoms with Gasteiger partial charge in [0.1, 0.15) is 0 Å². The van der Waals surface area contributed by atoms with Crippen LogP contribution in [0.25, 0.3) is 0 Å². The van der Waals surface area contributed by atoms with E-state index in [9.17, 15) is 0 Å². The third-order valence-electron chi connectivity index (χ3n) is 4.49. The Hall–Kier alpha value is -0.0800.